The zero-order valence-corrected chi connectivity index (χ0v) is 7.12. The van der Waals surface area contributed by atoms with Gasteiger partial charge in [-0.2, -0.15) is 0 Å². The zero-order valence-electron chi connectivity index (χ0n) is 4.70. The molecule has 0 N–H and O–H groups in total. The average molecular weight is 260 g/mol. The van der Waals surface area contributed by atoms with Crippen LogP contribution in [-0.4, -0.2) is 11.8 Å². The van der Waals surface area contributed by atoms with E-state index in [2.05, 4.69) is 11.8 Å². The van der Waals surface area contributed by atoms with Gasteiger partial charge in [0.05, 0.1) is 0 Å². The molecular weight excluding hydrogens is 254 g/mol. The number of pyridine rings is 1. The number of carbonyl (C=O) groups excluding carboxylic acids is 1. The van der Waals surface area contributed by atoms with E-state index < -0.39 is 0 Å². The Morgan fingerprint density at radius 3 is 1.56 bits per heavy atom. The fourth-order valence-electron chi connectivity index (χ4n) is 0.313. The SMILES string of the molecule is [CH-]=O.[Eu].c1ccncc1. The summed E-state index contributed by atoms with van der Waals surface area (Å²) in [5, 5.41) is 0. The Morgan fingerprint density at radius 1 is 1.00 bits per heavy atom. The minimum absolute atomic E-state index is 0. The molecule has 9 heavy (non-hydrogen) atoms. The Kier molecular flexibility index (Phi) is 15.1. The van der Waals surface area contributed by atoms with Crippen LogP contribution in [-0.2, 0) is 4.79 Å². The van der Waals surface area contributed by atoms with Gasteiger partial charge >= 0.3 is 0 Å². The average Bonchev–Trinajstić information content (AvgIpc) is 1.96. The largest absolute Gasteiger partial charge is 0.545 e. The molecule has 1 rings (SSSR count). The zero-order chi connectivity index (χ0) is 6.24. The van der Waals surface area contributed by atoms with Crippen molar-refractivity contribution in [3.8, 4) is 0 Å². The second-order valence-corrected chi connectivity index (χ2v) is 1.02. The van der Waals surface area contributed by atoms with Crippen molar-refractivity contribution >= 4 is 6.79 Å². The van der Waals surface area contributed by atoms with Gasteiger partial charge < -0.3 is 4.79 Å². The summed E-state index contributed by atoms with van der Waals surface area (Å²) in [5.41, 5.74) is 0. The molecule has 49 valence electrons. The summed E-state index contributed by atoms with van der Waals surface area (Å²) in [7, 11) is 0. The first-order valence-electron chi connectivity index (χ1n) is 2.09. The van der Waals surface area contributed by atoms with Crippen LogP contribution in [0.5, 0.6) is 0 Å². The Labute approximate surface area is 95.2 Å². The normalized spacial score (nSPS) is 5.78. The van der Waals surface area contributed by atoms with Gasteiger partial charge in [0.1, 0.15) is 0 Å². The van der Waals surface area contributed by atoms with Gasteiger partial charge in [0.25, 0.3) is 0 Å². The fraction of sp³-hybridized carbons (Fsp3) is 0. The molecule has 1 aromatic heterocycles. The van der Waals surface area contributed by atoms with Gasteiger partial charge in [-0.1, -0.05) is 6.07 Å². The van der Waals surface area contributed by atoms with Crippen LogP contribution in [0.4, 0.5) is 0 Å². The molecule has 0 aliphatic carbocycles. The van der Waals surface area contributed by atoms with Crippen LogP contribution in [0.25, 0.3) is 0 Å². The maximum Gasteiger partial charge on any atom is 0.0267 e. The quantitative estimate of drug-likeness (QED) is 0.510. The minimum Gasteiger partial charge on any atom is -0.545 e. The molecule has 1 radical (unpaired) electrons. The predicted octanol–water partition coefficient (Wildman–Crippen LogP) is 0.807. The number of hydrogen-bond donors (Lipinski definition) is 0. The number of aromatic nitrogens is 1. The molecule has 0 unspecified atom stereocenters. The molecule has 2 nitrogen and oxygen atoms in total. The number of nitrogens with zero attached hydrogens (tertiary/aromatic N) is 1. The molecule has 1 heterocycles. The van der Waals surface area contributed by atoms with Crippen molar-refractivity contribution in [1.29, 1.82) is 0 Å². The molecule has 0 bridgehead atoms. The van der Waals surface area contributed by atoms with Gasteiger partial charge in [-0.25, -0.2) is 0 Å². The number of hydrogen-bond acceptors (Lipinski definition) is 2. The van der Waals surface area contributed by atoms with Gasteiger partial charge in [0, 0.05) is 61.8 Å². The summed E-state index contributed by atoms with van der Waals surface area (Å²) < 4.78 is 0. The summed E-state index contributed by atoms with van der Waals surface area (Å²) in [6.07, 6.45) is 3.50. The molecule has 3 heteroatoms. The first kappa shape index (κ1) is 12.1. The second-order valence-electron chi connectivity index (χ2n) is 1.02. The van der Waals surface area contributed by atoms with Crippen molar-refractivity contribution in [2.45, 2.75) is 0 Å². The van der Waals surface area contributed by atoms with Crippen LogP contribution >= 0.6 is 0 Å². The van der Waals surface area contributed by atoms with E-state index in [4.69, 9.17) is 4.79 Å². The van der Waals surface area contributed by atoms with Crippen molar-refractivity contribution < 1.29 is 54.2 Å². The summed E-state index contributed by atoms with van der Waals surface area (Å²) in [6, 6.07) is 5.72. The Morgan fingerprint density at radius 2 is 1.44 bits per heavy atom. The first-order valence-corrected chi connectivity index (χ1v) is 2.09. The van der Waals surface area contributed by atoms with Crippen LogP contribution in [0.2, 0.25) is 0 Å². The van der Waals surface area contributed by atoms with E-state index in [1.807, 2.05) is 18.2 Å². The van der Waals surface area contributed by atoms with Gasteiger partial charge in [-0.05, 0) is 12.1 Å². The molecule has 0 atom stereocenters. The summed E-state index contributed by atoms with van der Waals surface area (Å²) in [5.74, 6) is 0. The van der Waals surface area contributed by atoms with Gasteiger partial charge in [0.2, 0.25) is 0 Å². The van der Waals surface area contributed by atoms with Gasteiger partial charge in [-0.3, -0.25) is 11.8 Å². The molecule has 0 saturated carbocycles. The minimum atomic E-state index is 0. The van der Waals surface area contributed by atoms with Crippen molar-refractivity contribution in [3.05, 3.63) is 30.6 Å². The number of rotatable bonds is 0. The van der Waals surface area contributed by atoms with Gasteiger partial charge in [0.15, 0.2) is 0 Å². The molecule has 0 aliphatic rings. The summed E-state index contributed by atoms with van der Waals surface area (Å²) in [4.78, 5) is 11.5. The standard InChI is InChI=1S/C5H5N.CHO.Eu/c1-2-4-6-5-3-1;1-2;/h1-5H;1H;/q;-1;. The molecule has 0 fully saturated rings. The second kappa shape index (κ2) is 11.2. The Hall–Kier alpha value is 0.404. The molecule has 0 amide bonds. The van der Waals surface area contributed by atoms with E-state index >= 15 is 0 Å². The van der Waals surface area contributed by atoms with E-state index in [1.165, 1.54) is 0 Å². The monoisotopic (exact) mass is 261 g/mol. The van der Waals surface area contributed by atoms with E-state index in [1.54, 1.807) is 12.4 Å². The molecule has 0 aliphatic heterocycles. The Balaban J connectivity index is 0. The maximum absolute atomic E-state index is 7.75. The molecule has 0 spiro atoms. The van der Waals surface area contributed by atoms with Crippen LogP contribution < -0.4 is 0 Å². The Bertz CT molecular complexity index is 95.9. The van der Waals surface area contributed by atoms with Crippen molar-refractivity contribution in [1.82, 2.24) is 4.98 Å². The van der Waals surface area contributed by atoms with Crippen LogP contribution in [0.15, 0.2) is 30.6 Å². The van der Waals surface area contributed by atoms with Crippen molar-refractivity contribution in [3.63, 3.8) is 0 Å². The third kappa shape index (κ3) is 8.40. The van der Waals surface area contributed by atoms with E-state index in [9.17, 15) is 0 Å². The molecular formula is C6H6EuNO-. The van der Waals surface area contributed by atoms with E-state index in [0.29, 0.717) is 0 Å². The third-order valence-electron chi connectivity index (χ3n) is 0.566. The first-order chi connectivity index (χ1) is 4.00. The topological polar surface area (TPSA) is 30.0 Å². The smallest absolute Gasteiger partial charge is 0.0267 e. The summed E-state index contributed by atoms with van der Waals surface area (Å²) in [6.45, 7) is 3.25. The summed E-state index contributed by atoms with van der Waals surface area (Å²) >= 11 is 0. The van der Waals surface area contributed by atoms with E-state index in [0.717, 1.165) is 0 Å². The molecule has 0 saturated heterocycles. The third-order valence-corrected chi connectivity index (χ3v) is 0.566. The van der Waals surface area contributed by atoms with Crippen LogP contribution in [0.1, 0.15) is 0 Å². The molecule has 1 aromatic rings. The fourth-order valence-corrected chi connectivity index (χ4v) is 0.313. The van der Waals surface area contributed by atoms with Crippen molar-refractivity contribution in [2.24, 2.45) is 0 Å². The predicted molar refractivity (Wildman–Crippen MR) is 31.0 cm³/mol. The van der Waals surface area contributed by atoms with Crippen LogP contribution in [0, 0.1) is 49.4 Å². The van der Waals surface area contributed by atoms with Crippen molar-refractivity contribution in [2.75, 3.05) is 0 Å². The van der Waals surface area contributed by atoms with Crippen LogP contribution in [0.3, 0.4) is 0 Å². The van der Waals surface area contributed by atoms with Gasteiger partial charge in [-0.15, -0.1) is 0 Å². The maximum atomic E-state index is 7.75. The van der Waals surface area contributed by atoms with E-state index in [-0.39, 0.29) is 49.4 Å². The molecule has 0 aromatic carbocycles.